The van der Waals surface area contributed by atoms with Crippen LogP contribution in [0.4, 0.5) is 8.78 Å². The first-order chi connectivity index (χ1) is 8.52. The summed E-state index contributed by atoms with van der Waals surface area (Å²) < 4.78 is 26.5. The monoisotopic (exact) mass is 255 g/mol. The molecule has 0 bridgehead atoms. The highest BCUT2D eigenvalue weighted by molar-refractivity contribution is 5.97. The van der Waals surface area contributed by atoms with Gasteiger partial charge in [0, 0.05) is 6.54 Å². The van der Waals surface area contributed by atoms with E-state index >= 15 is 0 Å². The van der Waals surface area contributed by atoms with E-state index in [4.69, 9.17) is 5.11 Å². The molecule has 4 nitrogen and oxygen atoms in total. The number of rotatable bonds is 2. The van der Waals surface area contributed by atoms with Crippen LogP contribution in [0, 0.1) is 11.6 Å². The van der Waals surface area contributed by atoms with Crippen molar-refractivity contribution in [3.8, 4) is 0 Å². The summed E-state index contributed by atoms with van der Waals surface area (Å²) in [5.41, 5.74) is -0.428. The van der Waals surface area contributed by atoms with Gasteiger partial charge in [0.15, 0.2) is 11.6 Å². The number of amides is 1. The minimum atomic E-state index is -1.24. The molecule has 96 valence electrons. The normalized spacial score (nSPS) is 19.0. The average molecular weight is 255 g/mol. The maximum atomic E-state index is 13.5. The second kappa shape index (κ2) is 4.72. The zero-order valence-electron chi connectivity index (χ0n) is 9.40. The van der Waals surface area contributed by atoms with Gasteiger partial charge in [-0.15, -0.1) is 0 Å². The fourth-order valence-corrected chi connectivity index (χ4v) is 2.09. The molecule has 0 aromatic heterocycles. The molecule has 1 saturated heterocycles. The summed E-state index contributed by atoms with van der Waals surface area (Å²) in [5.74, 6) is -4.26. The Morgan fingerprint density at radius 3 is 2.72 bits per heavy atom. The van der Waals surface area contributed by atoms with E-state index in [1.54, 1.807) is 0 Å². The van der Waals surface area contributed by atoms with E-state index in [1.165, 1.54) is 6.07 Å². The molecule has 1 fully saturated rings. The minimum absolute atomic E-state index is 0.242. The van der Waals surface area contributed by atoms with E-state index in [0.717, 1.165) is 17.0 Å². The number of benzene rings is 1. The molecule has 1 aromatic rings. The van der Waals surface area contributed by atoms with Crippen molar-refractivity contribution in [2.75, 3.05) is 6.54 Å². The molecule has 0 saturated carbocycles. The molecule has 0 aliphatic carbocycles. The van der Waals surface area contributed by atoms with Crippen molar-refractivity contribution in [2.24, 2.45) is 0 Å². The average Bonchev–Trinajstić information content (AvgIpc) is 2.81. The smallest absolute Gasteiger partial charge is 0.326 e. The summed E-state index contributed by atoms with van der Waals surface area (Å²) in [6.07, 6.45) is 0.873. The lowest BCUT2D eigenvalue weighted by atomic mass is 10.1. The van der Waals surface area contributed by atoms with Gasteiger partial charge in [-0.25, -0.2) is 13.6 Å². The SMILES string of the molecule is O=C(O)[C@H]1CCCN1C(=O)c1cccc(F)c1F. The van der Waals surface area contributed by atoms with Gasteiger partial charge in [0.1, 0.15) is 6.04 Å². The molecule has 1 atom stereocenters. The Balaban J connectivity index is 2.31. The van der Waals surface area contributed by atoms with Gasteiger partial charge in [-0.2, -0.15) is 0 Å². The Bertz CT molecular complexity index is 504. The molecule has 1 aliphatic rings. The van der Waals surface area contributed by atoms with Gasteiger partial charge in [0.2, 0.25) is 0 Å². The number of likely N-dealkylation sites (tertiary alicyclic amines) is 1. The van der Waals surface area contributed by atoms with Gasteiger partial charge in [-0.3, -0.25) is 4.79 Å². The number of carbonyl (C=O) groups is 2. The number of carbonyl (C=O) groups excluding carboxylic acids is 1. The van der Waals surface area contributed by atoms with Crippen LogP contribution in [-0.4, -0.2) is 34.5 Å². The lowest BCUT2D eigenvalue weighted by molar-refractivity contribution is -0.141. The fourth-order valence-electron chi connectivity index (χ4n) is 2.09. The number of aliphatic carboxylic acids is 1. The first kappa shape index (κ1) is 12.5. The number of hydrogen-bond acceptors (Lipinski definition) is 2. The number of nitrogens with zero attached hydrogens (tertiary/aromatic N) is 1. The zero-order chi connectivity index (χ0) is 13.3. The molecule has 0 radical (unpaired) electrons. The minimum Gasteiger partial charge on any atom is -0.480 e. The third-order valence-electron chi connectivity index (χ3n) is 2.98. The van der Waals surface area contributed by atoms with Gasteiger partial charge >= 0.3 is 5.97 Å². The van der Waals surface area contributed by atoms with Gasteiger partial charge in [-0.1, -0.05) is 6.07 Å². The lowest BCUT2D eigenvalue weighted by Crippen LogP contribution is -2.40. The summed E-state index contributed by atoms with van der Waals surface area (Å²) in [7, 11) is 0. The van der Waals surface area contributed by atoms with Crippen LogP contribution in [0.5, 0.6) is 0 Å². The van der Waals surface area contributed by atoms with Crippen molar-refractivity contribution in [3.05, 3.63) is 35.4 Å². The molecule has 0 unspecified atom stereocenters. The van der Waals surface area contributed by atoms with Crippen LogP contribution in [0.3, 0.4) is 0 Å². The molecule has 1 heterocycles. The molecular formula is C12H11F2NO3. The van der Waals surface area contributed by atoms with Gasteiger partial charge in [-0.05, 0) is 25.0 Å². The highest BCUT2D eigenvalue weighted by atomic mass is 19.2. The number of halogens is 2. The summed E-state index contributed by atoms with van der Waals surface area (Å²) in [6, 6.07) is 2.32. The van der Waals surface area contributed by atoms with Crippen molar-refractivity contribution < 1.29 is 23.5 Å². The first-order valence-electron chi connectivity index (χ1n) is 5.50. The quantitative estimate of drug-likeness (QED) is 0.874. The van der Waals surface area contributed by atoms with Crippen LogP contribution in [0.1, 0.15) is 23.2 Å². The van der Waals surface area contributed by atoms with E-state index in [0.29, 0.717) is 12.8 Å². The molecule has 0 spiro atoms. The highest BCUT2D eigenvalue weighted by Gasteiger charge is 2.35. The molecule has 1 aliphatic heterocycles. The fraction of sp³-hybridized carbons (Fsp3) is 0.333. The maximum absolute atomic E-state index is 13.5. The molecule has 1 N–H and O–H groups in total. The van der Waals surface area contributed by atoms with Crippen LogP contribution >= 0.6 is 0 Å². The van der Waals surface area contributed by atoms with Crippen molar-refractivity contribution >= 4 is 11.9 Å². The summed E-state index contributed by atoms with van der Waals surface area (Å²) in [6.45, 7) is 0.242. The predicted molar refractivity (Wildman–Crippen MR) is 58.1 cm³/mol. The molecule has 2 rings (SSSR count). The molecule has 1 aromatic carbocycles. The van der Waals surface area contributed by atoms with E-state index in [2.05, 4.69) is 0 Å². The van der Waals surface area contributed by atoms with Crippen molar-refractivity contribution in [1.29, 1.82) is 0 Å². The zero-order valence-corrected chi connectivity index (χ0v) is 9.40. The standard InChI is InChI=1S/C12H11F2NO3/c13-8-4-1-3-7(10(8)14)11(16)15-6-2-5-9(15)12(17)18/h1,3-4,9H,2,5-6H2,(H,17,18)/t9-/m1/s1. The van der Waals surface area contributed by atoms with Gasteiger partial charge in [0.05, 0.1) is 5.56 Å². The van der Waals surface area contributed by atoms with E-state index in [1.807, 2.05) is 0 Å². The van der Waals surface area contributed by atoms with Crippen molar-refractivity contribution in [1.82, 2.24) is 4.90 Å². The Labute approximate surface area is 102 Å². The summed E-state index contributed by atoms with van der Waals surface area (Å²) >= 11 is 0. The number of carboxylic acids is 1. The van der Waals surface area contributed by atoms with E-state index in [9.17, 15) is 18.4 Å². The van der Waals surface area contributed by atoms with Crippen molar-refractivity contribution in [3.63, 3.8) is 0 Å². The Kier molecular flexibility index (Phi) is 3.27. The number of carboxylic acid groups (broad SMARTS) is 1. The third kappa shape index (κ3) is 2.05. The molecule has 1 amide bonds. The van der Waals surface area contributed by atoms with Crippen LogP contribution in [0.15, 0.2) is 18.2 Å². The molecule has 18 heavy (non-hydrogen) atoms. The third-order valence-corrected chi connectivity index (χ3v) is 2.98. The lowest BCUT2D eigenvalue weighted by Gasteiger charge is -2.21. The van der Waals surface area contributed by atoms with Gasteiger partial charge in [0.25, 0.3) is 5.91 Å². The Hall–Kier alpha value is -1.98. The van der Waals surface area contributed by atoms with E-state index in [-0.39, 0.29) is 6.54 Å². The summed E-state index contributed by atoms with van der Waals surface area (Å²) in [4.78, 5) is 24.0. The van der Waals surface area contributed by atoms with Crippen LogP contribution in [0.25, 0.3) is 0 Å². The second-order valence-corrected chi connectivity index (χ2v) is 4.10. The highest BCUT2D eigenvalue weighted by Crippen LogP contribution is 2.22. The first-order valence-corrected chi connectivity index (χ1v) is 5.50. The predicted octanol–water partition coefficient (Wildman–Crippen LogP) is 1.65. The Morgan fingerprint density at radius 1 is 1.33 bits per heavy atom. The molecule has 6 heteroatoms. The van der Waals surface area contributed by atoms with Crippen LogP contribution < -0.4 is 0 Å². The second-order valence-electron chi connectivity index (χ2n) is 4.10. The van der Waals surface area contributed by atoms with Gasteiger partial charge < -0.3 is 10.0 Å². The summed E-state index contributed by atoms with van der Waals surface area (Å²) in [5, 5.41) is 8.94. The largest absolute Gasteiger partial charge is 0.480 e. The van der Waals surface area contributed by atoms with Crippen LogP contribution in [-0.2, 0) is 4.79 Å². The van der Waals surface area contributed by atoms with E-state index < -0.39 is 35.1 Å². The topological polar surface area (TPSA) is 57.6 Å². The van der Waals surface area contributed by atoms with Crippen LogP contribution in [0.2, 0.25) is 0 Å². The number of hydrogen-bond donors (Lipinski definition) is 1. The van der Waals surface area contributed by atoms with Crippen molar-refractivity contribution in [2.45, 2.75) is 18.9 Å². The maximum Gasteiger partial charge on any atom is 0.326 e. The Morgan fingerprint density at radius 2 is 2.06 bits per heavy atom. The molecular weight excluding hydrogens is 244 g/mol.